The highest BCUT2D eigenvalue weighted by Crippen LogP contribution is 2.38. The van der Waals surface area contributed by atoms with E-state index in [1.807, 2.05) is 6.92 Å². The zero-order chi connectivity index (χ0) is 9.97. The van der Waals surface area contributed by atoms with E-state index in [9.17, 15) is 0 Å². The minimum atomic E-state index is 0.203. The Hall–Kier alpha value is -1.37. The number of rotatable bonds is 4. The molecule has 0 bridgehead atoms. The molecule has 0 aliphatic heterocycles. The van der Waals surface area contributed by atoms with Crippen LogP contribution in [0, 0.1) is 11.3 Å². The third-order valence-corrected chi connectivity index (χ3v) is 2.51. The Labute approximate surface area is 82.9 Å². The van der Waals surface area contributed by atoms with E-state index in [1.165, 1.54) is 12.8 Å². The SMILES string of the molecule is CC(CCC#N)c1nc(C2CC2)no1. The molecular formula is C10H13N3O. The van der Waals surface area contributed by atoms with Crippen LogP contribution < -0.4 is 0 Å². The van der Waals surface area contributed by atoms with Crippen molar-refractivity contribution in [1.29, 1.82) is 5.26 Å². The second kappa shape index (κ2) is 3.79. The van der Waals surface area contributed by atoms with Crippen LogP contribution in [-0.2, 0) is 0 Å². The van der Waals surface area contributed by atoms with Crippen molar-refractivity contribution in [1.82, 2.24) is 10.1 Å². The highest BCUT2D eigenvalue weighted by Gasteiger charge is 2.29. The lowest BCUT2D eigenvalue weighted by atomic mass is 10.1. The third-order valence-electron chi connectivity index (χ3n) is 2.51. The topological polar surface area (TPSA) is 62.7 Å². The summed E-state index contributed by atoms with van der Waals surface area (Å²) in [6.07, 6.45) is 3.71. The number of hydrogen-bond acceptors (Lipinski definition) is 4. The van der Waals surface area contributed by atoms with E-state index in [1.54, 1.807) is 0 Å². The Balaban J connectivity index is 1.97. The molecule has 4 nitrogen and oxygen atoms in total. The van der Waals surface area contributed by atoms with E-state index in [0.717, 1.165) is 12.2 Å². The molecule has 1 atom stereocenters. The maximum Gasteiger partial charge on any atom is 0.229 e. The van der Waals surface area contributed by atoms with Crippen molar-refractivity contribution in [2.45, 2.75) is 44.4 Å². The molecule has 14 heavy (non-hydrogen) atoms. The van der Waals surface area contributed by atoms with Gasteiger partial charge >= 0.3 is 0 Å². The molecule has 1 heterocycles. The summed E-state index contributed by atoms with van der Waals surface area (Å²) in [6.45, 7) is 2.02. The van der Waals surface area contributed by atoms with Crippen LogP contribution in [0.2, 0.25) is 0 Å². The van der Waals surface area contributed by atoms with Gasteiger partial charge in [0.2, 0.25) is 5.89 Å². The van der Waals surface area contributed by atoms with Gasteiger partial charge in [-0.25, -0.2) is 0 Å². The molecule has 0 saturated heterocycles. The number of nitriles is 1. The Morgan fingerprint density at radius 1 is 1.64 bits per heavy atom. The average Bonchev–Trinajstić information content (AvgIpc) is 2.93. The summed E-state index contributed by atoms with van der Waals surface area (Å²) >= 11 is 0. The molecule has 1 aromatic heterocycles. The van der Waals surface area contributed by atoms with Gasteiger partial charge in [-0.15, -0.1) is 0 Å². The van der Waals surface area contributed by atoms with Crippen molar-refractivity contribution < 1.29 is 4.52 Å². The lowest BCUT2D eigenvalue weighted by Crippen LogP contribution is -1.93. The minimum Gasteiger partial charge on any atom is -0.339 e. The van der Waals surface area contributed by atoms with Gasteiger partial charge in [0, 0.05) is 18.3 Å². The van der Waals surface area contributed by atoms with Crippen molar-refractivity contribution in [3.05, 3.63) is 11.7 Å². The van der Waals surface area contributed by atoms with Crippen molar-refractivity contribution in [3.63, 3.8) is 0 Å². The van der Waals surface area contributed by atoms with Gasteiger partial charge in [-0.05, 0) is 19.3 Å². The first kappa shape index (κ1) is 9.20. The van der Waals surface area contributed by atoms with Gasteiger partial charge in [0.1, 0.15) is 0 Å². The fourth-order valence-corrected chi connectivity index (χ4v) is 1.36. The summed E-state index contributed by atoms with van der Waals surface area (Å²) < 4.78 is 5.15. The normalized spacial score (nSPS) is 17.7. The van der Waals surface area contributed by atoms with E-state index >= 15 is 0 Å². The van der Waals surface area contributed by atoms with Crippen LogP contribution in [0.25, 0.3) is 0 Å². The van der Waals surface area contributed by atoms with Crippen LogP contribution in [0.4, 0.5) is 0 Å². The molecule has 0 radical (unpaired) electrons. The molecule has 0 aromatic carbocycles. The molecule has 4 heteroatoms. The van der Waals surface area contributed by atoms with E-state index < -0.39 is 0 Å². The van der Waals surface area contributed by atoms with Crippen LogP contribution in [0.5, 0.6) is 0 Å². The first-order valence-corrected chi connectivity index (χ1v) is 5.01. The summed E-state index contributed by atoms with van der Waals surface area (Å²) in [5.74, 6) is 2.27. The van der Waals surface area contributed by atoms with Crippen LogP contribution in [-0.4, -0.2) is 10.1 Å². The zero-order valence-electron chi connectivity index (χ0n) is 8.23. The summed E-state index contributed by atoms with van der Waals surface area (Å²) in [5, 5.41) is 12.4. The highest BCUT2D eigenvalue weighted by atomic mass is 16.5. The molecule has 0 amide bonds. The first-order valence-electron chi connectivity index (χ1n) is 5.01. The van der Waals surface area contributed by atoms with Gasteiger partial charge < -0.3 is 4.52 Å². The van der Waals surface area contributed by atoms with Crippen molar-refractivity contribution in [3.8, 4) is 6.07 Å². The minimum absolute atomic E-state index is 0.203. The smallest absolute Gasteiger partial charge is 0.229 e. The molecule has 0 N–H and O–H groups in total. The zero-order valence-corrected chi connectivity index (χ0v) is 8.23. The maximum atomic E-state index is 8.45. The predicted molar refractivity (Wildman–Crippen MR) is 49.5 cm³/mol. The molecule has 1 aliphatic rings. The molecular weight excluding hydrogens is 178 g/mol. The second-order valence-corrected chi connectivity index (χ2v) is 3.86. The van der Waals surface area contributed by atoms with Gasteiger partial charge in [-0.2, -0.15) is 10.2 Å². The first-order chi connectivity index (χ1) is 6.81. The predicted octanol–water partition coefficient (Wildman–Crippen LogP) is 2.35. The summed E-state index contributed by atoms with van der Waals surface area (Å²) in [4.78, 5) is 4.34. The largest absolute Gasteiger partial charge is 0.339 e. The van der Waals surface area contributed by atoms with Crippen molar-refractivity contribution in [2.75, 3.05) is 0 Å². The van der Waals surface area contributed by atoms with Crippen molar-refractivity contribution in [2.24, 2.45) is 0 Å². The molecule has 1 unspecified atom stereocenters. The molecule has 1 aliphatic carbocycles. The maximum absolute atomic E-state index is 8.45. The monoisotopic (exact) mass is 191 g/mol. The van der Waals surface area contributed by atoms with E-state index in [-0.39, 0.29) is 5.92 Å². The van der Waals surface area contributed by atoms with Crippen LogP contribution in [0.3, 0.4) is 0 Å². The lowest BCUT2D eigenvalue weighted by molar-refractivity contribution is 0.350. The molecule has 2 rings (SSSR count). The van der Waals surface area contributed by atoms with E-state index in [0.29, 0.717) is 18.2 Å². The second-order valence-electron chi connectivity index (χ2n) is 3.86. The van der Waals surface area contributed by atoms with Gasteiger partial charge in [0.05, 0.1) is 6.07 Å². The highest BCUT2D eigenvalue weighted by molar-refractivity contribution is 5.04. The standard InChI is InChI=1S/C10H13N3O/c1-7(3-2-6-11)10-12-9(13-14-10)8-4-5-8/h7-8H,2-5H2,1H3. The van der Waals surface area contributed by atoms with Crippen LogP contribution in [0.1, 0.15) is 56.2 Å². The number of nitrogens with zero attached hydrogens (tertiary/aromatic N) is 3. The molecule has 1 saturated carbocycles. The summed E-state index contributed by atoms with van der Waals surface area (Å²) in [7, 11) is 0. The summed E-state index contributed by atoms with van der Waals surface area (Å²) in [5.41, 5.74) is 0. The Morgan fingerprint density at radius 3 is 3.07 bits per heavy atom. The number of hydrogen-bond donors (Lipinski definition) is 0. The van der Waals surface area contributed by atoms with Gasteiger partial charge in [0.15, 0.2) is 5.82 Å². The van der Waals surface area contributed by atoms with Crippen molar-refractivity contribution >= 4 is 0 Å². The fourth-order valence-electron chi connectivity index (χ4n) is 1.36. The third kappa shape index (κ3) is 1.92. The van der Waals surface area contributed by atoms with Gasteiger partial charge in [-0.1, -0.05) is 12.1 Å². The molecule has 74 valence electrons. The molecule has 0 spiro atoms. The quantitative estimate of drug-likeness (QED) is 0.732. The van der Waals surface area contributed by atoms with Crippen LogP contribution in [0.15, 0.2) is 4.52 Å². The van der Waals surface area contributed by atoms with Gasteiger partial charge in [-0.3, -0.25) is 0 Å². The van der Waals surface area contributed by atoms with E-state index in [2.05, 4.69) is 16.2 Å². The lowest BCUT2D eigenvalue weighted by Gasteiger charge is -2.00. The molecule has 1 fully saturated rings. The van der Waals surface area contributed by atoms with E-state index in [4.69, 9.17) is 9.78 Å². The van der Waals surface area contributed by atoms with Gasteiger partial charge in [0.25, 0.3) is 0 Å². The Morgan fingerprint density at radius 2 is 2.43 bits per heavy atom. The van der Waals surface area contributed by atoms with Crippen LogP contribution >= 0.6 is 0 Å². The number of aromatic nitrogens is 2. The Kier molecular flexibility index (Phi) is 2.49. The summed E-state index contributed by atoms with van der Waals surface area (Å²) in [6, 6.07) is 2.12. The fraction of sp³-hybridized carbons (Fsp3) is 0.700. The Bertz CT molecular complexity index is 348. The average molecular weight is 191 g/mol. The molecule has 1 aromatic rings.